The van der Waals surface area contributed by atoms with Gasteiger partial charge in [-0.1, -0.05) is 25.1 Å². The van der Waals surface area contributed by atoms with Crippen LogP contribution < -0.4 is 9.46 Å². The molecule has 1 atom stereocenters. The molecule has 2 N–H and O–H groups in total. The molecule has 1 aromatic carbocycles. The lowest BCUT2D eigenvalue weighted by atomic mass is 10.0. The summed E-state index contributed by atoms with van der Waals surface area (Å²) in [6.45, 7) is 3.59. The van der Waals surface area contributed by atoms with Crippen LogP contribution >= 0.6 is 0 Å². The zero-order chi connectivity index (χ0) is 15.5. The quantitative estimate of drug-likeness (QED) is 0.856. The molecule has 1 heterocycles. The van der Waals surface area contributed by atoms with Crippen molar-refractivity contribution in [3.8, 4) is 5.75 Å². The van der Waals surface area contributed by atoms with Crippen molar-refractivity contribution in [3.63, 3.8) is 0 Å². The summed E-state index contributed by atoms with van der Waals surface area (Å²) in [6.07, 6.45) is 1.92. The third kappa shape index (κ3) is 3.25. The average molecular weight is 309 g/mol. The van der Waals surface area contributed by atoms with Crippen LogP contribution in [0.2, 0.25) is 0 Å². The molecule has 0 fully saturated rings. The van der Waals surface area contributed by atoms with Crippen molar-refractivity contribution in [2.45, 2.75) is 31.2 Å². The zero-order valence-corrected chi connectivity index (χ0v) is 13.1. The number of nitrogens with zero attached hydrogens (tertiary/aromatic N) is 1. The lowest BCUT2D eigenvalue weighted by Gasteiger charge is -2.19. The molecule has 0 aliphatic heterocycles. The van der Waals surface area contributed by atoms with Gasteiger partial charge in [-0.25, -0.2) is 13.1 Å². The van der Waals surface area contributed by atoms with Crippen molar-refractivity contribution in [1.82, 2.24) is 14.9 Å². The van der Waals surface area contributed by atoms with Gasteiger partial charge in [0.05, 0.1) is 25.0 Å². The highest BCUT2D eigenvalue weighted by Gasteiger charge is 2.24. The Bertz CT molecular complexity index is 710. The molecule has 0 bridgehead atoms. The Morgan fingerprint density at radius 3 is 2.67 bits per heavy atom. The molecule has 1 unspecified atom stereocenters. The fourth-order valence-corrected chi connectivity index (χ4v) is 3.62. The van der Waals surface area contributed by atoms with E-state index >= 15 is 0 Å². The highest BCUT2D eigenvalue weighted by atomic mass is 32.2. The SMILES string of the molecule is CCC(NS(=O)(=O)c1cn[nH]c1C)c1ccccc1OC. The van der Waals surface area contributed by atoms with Crippen molar-refractivity contribution < 1.29 is 13.2 Å². The van der Waals surface area contributed by atoms with Crippen LogP contribution in [0.25, 0.3) is 0 Å². The van der Waals surface area contributed by atoms with Crippen LogP contribution in [0, 0.1) is 6.92 Å². The molecule has 7 heteroatoms. The number of H-pyrrole nitrogens is 1. The second-order valence-corrected chi connectivity index (χ2v) is 6.37. The molecule has 0 radical (unpaired) electrons. The Balaban J connectivity index is 2.34. The minimum absolute atomic E-state index is 0.163. The fraction of sp³-hybridized carbons (Fsp3) is 0.357. The van der Waals surface area contributed by atoms with Crippen LogP contribution in [0.3, 0.4) is 0 Å². The summed E-state index contributed by atoms with van der Waals surface area (Å²) in [7, 11) is -2.06. The van der Waals surface area contributed by atoms with Crippen LogP contribution in [0.15, 0.2) is 35.4 Å². The molecule has 21 heavy (non-hydrogen) atoms. The number of ether oxygens (including phenoxy) is 1. The molecule has 2 rings (SSSR count). The summed E-state index contributed by atoms with van der Waals surface area (Å²) in [6, 6.07) is 7.02. The number of hydrogen-bond acceptors (Lipinski definition) is 4. The summed E-state index contributed by atoms with van der Waals surface area (Å²) in [5.41, 5.74) is 1.32. The van der Waals surface area contributed by atoms with Crippen LogP contribution in [-0.4, -0.2) is 25.7 Å². The van der Waals surface area contributed by atoms with Crippen molar-refractivity contribution in [2.75, 3.05) is 7.11 Å². The summed E-state index contributed by atoms with van der Waals surface area (Å²) >= 11 is 0. The Kier molecular flexibility index (Phi) is 4.64. The topological polar surface area (TPSA) is 84.1 Å². The van der Waals surface area contributed by atoms with E-state index in [4.69, 9.17) is 4.74 Å². The third-order valence-electron chi connectivity index (χ3n) is 3.29. The summed E-state index contributed by atoms with van der Waals surface area (Å²) in [4.78, 5) is 0.163. The molecule has 1 aromatic heterocycles. The minimum Gasteiger partial charge on any atom is -0.496 e. The maximum atomic E-state index is 12.4. The Labute approximate surface area is 124 Å². The number of para-hydroxylation sites is 1. The van der Waals surface area contributed by atoms with E-state index in [9.17, 15) is 8.42 Å². The van der Waals surface area contributed by atoms with Gasteiger partial charge < -0.3 is 4.74 Å². The molecule has 0 aliphatic carbocycles. The highest BCUT2D eigenvalue weighted by molar-refractivity contribution is 7.89. The van der Waals surface area contributed by atoms with Gasteiger partial charge in [0.25, 0.3) is 0 Å². The molecule has 0 saturated heterocycles. The van der Waals surface area contributed by atoms with E-state index < -0.39 is 10.0 Å². The second-order valence-electron chi connectivity index (χ2n) is 4.68. The van der Waals surface area contributed by atoms with Gasteiger partial charge in [0.1, 0.15) is 10.6 Å². The first-order valence-electron chi connectivity index (χ1n) is 6.64. The van der Waals surface area contributed by atoms with Gasteiger partial charge in [-0.3, -0.25) is 5.10 Å². The molecule has 0 spiro atoms. The van der Waals surface area contributed by atoms with Gasteiger partial charge in [0.15, 0.2) is 0 Å². The van der Waals surface area contributed by atoms with Crippen LogP contribution in [0.5, 0.6) is 5.75 Å². The van der Waals surface area contributed by atoms with Gasteiger partial charge in [0.2, 0.25) is 10.0 Å². The zero-order valence-electron chi connectivity index (χ0n) is 12.3. The number of hydrogen-bond donors (Lipinski definition) is 2. The van der Waals surface area contributed by atoms with Gasteiger partial charge in [0, 0.05) is 5.56 Å². The van der Waals surface area contributed by atoms with E-state index in [-0.39, 0.29) is 10.9 Å². The third-order valence-corrected chi connectivity index (χ3v) is 4.88. The maximum Gasteiger partial charge on any atom is 0.244 e. The molecule has 114 valence electrons. The fourth-order valence-electron chi connectivity index (χ4n) is 2.18. The molecular weight excluding hydrogens is 290 g/mol. The maximum absolute atomic E-state index is 12.4. The van der Waals surface area contributed by atoms with Crippen LogP contribution in [-0.2, 0) is 10.0 Å². The molecule has 0 saturated carbocycles. The minimum atomic E-state index is -3.63. The lowest BCUT2D eigenvalue weighted by molar-refractivity contribution is 0.402. The molecule has 6 nitrogen and oxygen atoms in total. The summed E-state index contributed by atoms with van der Waals surface area (Å²) in [5.74, 6) is 0.663. The van der Waals surface area contributed by atoms with Crippen LogP contribution in [0.1, 0.15) is 30.6 Å². The van der Waals surface area contributed by atoms with Gasteiger partial charge in [-0.2, -0.15) is 5.10 Å². The lowest BCUT2D eigenvalue weighted by Crippen LogP contribution is -2.28. The molecule has 0 aliphatic rings. The van der Waals surface area contributed by atoms with Crippen LogP contribution in [0.4, 0.5) is 0 Å². The summed E-state index contributed by atoms with van der Waals surface area (Å²) < 4.78 is 32.9. The first kappa shape index (κ1) is 15.5. The number of nitrogens with one attached hydrogen (secondary N) is 2. The number of sulfonamides is 1. The number of rotatable bonds is 6. The van der Waals surface area contributed by atoms with Crippen molar-refractivity contribution in [3.05, 3.63) is 41.7 Å². The largest absolute Gasteiger partial charge is 0.496 e. The number of aryl methyl sites for hydroxylation is 1. The average Bonchev–Trinajstić information content (AvgIpc) is 2.92. The van der Waals surface area contributed by atoms with E-state index in [2.05, 4.69) is 14.9 Å². The standard InChI is InChI=1S/C14H19N3O3S/c1-4-12(11-7-5-6-8-13(11)20-3)17-21(18,19)14-9-15-16-10(14)2/h5-9,12,17H,4H2,1-3H3,(H,15,16). The second kappa shape index (κ2) is 6.28. The normalized spacial score (nSPS) is 13.1. The summed E-state index contributed by atoms with van der Waals surface area (Å²) in [5, 5.41) is 6.39. The number of aromatic nitrogens is 2. The Morgan fingerprint density at radius 2 is 2.10 bits per heavy atom. The predicted molar refractivity (Wildman–Crippen MR) is 79.7 cm³/mol. The van der Waals surface area contributed by atoms with E-state index in [0.29, 0.717) is 17.9 Å². The Hall–Kier alpha value is -1.86. The first-order chi connectivity index (χ1) is 9.99. The molecule has 2 aromatic rings. The molecular formula is C14H19N3O3S. The van der Waals surface area contributed by atoms with Gasteiger partial charge in [-0.05, 0) is 19.4 Å². The van der Waals surface area contributed by atoms with E-state index in [1.54, 1.807) is 14.0 Å². The number of methoxy groups -OCH3 is 1. The van der Waals surface area contributed by atoms with E-state index in [1.807, 2.05) is 31.2 Å². The van der Waals surface area contributed by atoms with Gasteiger partial charge in [-0.15, -0.1) is 0 Å². The van der Waals surface area contributed by atoms with Crippen molar-refractivity contribution >= 4 is 10.0 Å². The number of aromatic amines is 1. The smallest absolute Gasteiger partial charge is 0.244 e. The molecule has 0 amide bonds. The monoisotopic (exact) mass is 309 g/mol. The highest BCUT2D eigenvalue weighted by Crippen LogP contribution is 2.28. The van der Waals surface area contributed by atoms with E-state index in [1.165, 1.54) is 6.20 Å². The number of benzene rings is 1. The van der Waals surface area contributed by atoms with Gasteiger partial charge >= 0.3 is 0 Å². The van der Waals surface area contributed by atoms with Crippen molar-refractivity contribution in [1.29, 1.82) is 0 Å². The Morgan fingerprint density at radius 1 is 1.38 bits per heavy atom. The predicted octanol–water partition coefficient (Wildman–Crippen LogP) is 2.16. The first-order valence-corrected chi connectivity index (χ1v) is 8.13. The van der Waals surface area contributed by atoms with E-state index in [0.717, 1.165) is 5.56 Å². The van der Waals surface area contributed by atoms with Crippen molar-refractivity contribution in [2.24, 2.45) is 0 Å².